The summed E-state index contributed by atoms with van der Waals surface area (Å²) in [5.74, 6) is -0.672. The monoisotopic (exact) mass is 276 g/mol. The third kappa shape index (κ3) is 3.44. The van der Waals surface area contributed by atoms with Crippen LogP contribution in [0.15, 0.2) is 23.1 Å². The van der Waals surface area contributed by atoms with Crippen LogP contribution in [0.5, 0.6) is 0 Å². The molecule has 1 rings (SSSR count). The van der Waals surface area contributed by atoms with E-state index in [-0.39, 0.29) is 17.1 Å². The topological polar surface area (TPSA) is 60.4 Å². The van der Waals surface area contributed by atoms with Crippen LogP contribution >= 0.6 is 10.7 Å². The summed E-state index contributed by atoms with van der Waals surface area (Å²) in [6.45, 7) is 3.67. The third-order valence-corrected chi connectivity index (χ3v) is 3.61. The number of carbonyl (C=O) groups excluding carboxylic acids is 1. The molecule has 0 saturated carbocycles. The van der Waals surface area contributed by atoms with Crippen molar-refractivity contribution < 1.29 is 17.9 Å². The number of halogens is 1. The van der Waals surface area contributed by atoms with Crippen molar-refractivity contribution in [3.63, 3.8) is 0 Å². The third-order valence-electron chi connectivity index (χ3n) is 2.11. The van der Waals surface area contributed by atoms with E-state index in [1.165, 1.54) is 6.07 Å². The van der Waals surface area contributed by atoms with Crippen LogP contribution in [-0.4, -0.2) is 21.0 Å². The molecule has 1 aromatic carbocycles. The average molecular weight is 277 g/mol. The fraction of sp³-hybridized carbons (Fsp3) is 0.364. The standard InChI is InChI=1S/C11H13ClO4S/c1-3-7-16-11(13)9-6-4-5-8(2)10(9)17(12,14)15/h4-6H,3,7H2,1-2H3. The van der Waals surface area contributed by atoms with Gasteiger partial charge in [-0.3, -0.25) is 0 Å². The van der Waals surface area contributed by atoms with Crippen LogP contribution in [0.1, 0.15) is 29.3 Å². The molecule has 0 aliphatic rings. The van der Waals surface area contributed by atoms with Crippen molar-refractivity contribution >= 4 is 25.7 Å². The van der Waals surface area contributed by atoms with Crippen molar-refractivity contribution in [3.05, 3.63) is 29.3 Å². The molecule has 4 nitrogen and oxygen atoms in total. The summed E-state index contributed by atoms with van der Waals surface area (Å²) < 4.78 is 27.7. The molecule has 0 unspecified atom stereocenters. The van der Waals surface area contributed by atoms with Gasteiger partial charge >= 0.3 is 5.97 Å². The molecular formula is C11H13ClO4S. The van der Waals surface area contributed by atoms with Gasteiger partial charge in [0.05, 0.1) is 17.1 Å². The van der Waals surface area contributed by atoms with Gasteiger partial charge in [-0.15, -0.1) is 0 Å². The lowest BCUT2D eigenvalue weighted by Crippen LogP contribution is -2.11. The first kappa shape index (κ1) is 14.0. The number of esters is 1. The summed E-state index contributed by atoms with van der Waals surface area (Å²) in [6.07, 6.45) is 0.667. The van der Waals surface area contributed by atoms with Crippen molar-refractivity contribution in [2.75, 3.05) is 6.61 Å². The quantitative estimate of drug-likeness (QED) is 0.626. The van der Waals surface area contributed by atoms with E-state index in [9.17, 15) is 13.2 Å². The smallest absolute Gasteiger partial charge is 0.339 e. The number of aryl methyl sites for hydroxylation is 1. The van der Waals surface area contributed by atoms with Gasteiger partial charge in [0.1, 0.15) is 0 Å². The van der Waals surface area contributed by atoms with Gasteiger partial charge < -0.3 is 4.74 Å². The number of hydrogen-bond donors (Lipinski definition) is 0. The van der Waals surface area contributed by atoms with Crippen LogP contribution in [-0.2, 0) is 13.8 Å². The molecule has 0 aromatic heterocycles. The van der Waals surface area contributed by atoms with E-state index in [1.54, 1.807) is 19.1 Å². The molecule has 17 heavy (non-hydrogen) atoms. The highest BCUT2D eigenvalue weighted by molar-refractivity contribution is 8.13. The Bertz CT molecular complexity index is 522. The Morgan fingerprint density at radius 1 is 1.41 bits per heavy atom. The van der Waals surface area contributed by atoms with Gasteiger partial charge in [0.15, 0.2) is 0 Å². The normalized spacial score (nSPS) is 11.2. The Balaban J connectivity index is 3.25. The van der Waals surface area contributed by atoms with Crippen molar-refractivity contribution in [2.45, 2.75) is 25.2 Å². The Labute approximate surface area is 105 Å². The predicted octanol–water partition coefficient (Wildman–Crippen LogP) is 2.49. The summed E-state index contributed by atoms with van der Waals surface area (Å²) in [5.41, 5.74) is 0.402. The van der Waals surface area contributed by atoms with Gasteiger partial charge in [0.25, 0.3) is 9.05 Å². The van der Waals surface area contributed by atoms with Crippen molar-refractivity contribution in [3.8, 4) is 0 Å². The predicted molar refractivity (Wildman–Crippen MR) is 64.8 cm³/mol. The zero-order valence-electron chi connectivity index (χ0n) is 9.57. The first-order valence-electron chi connectivity index (χ1n) is 5.09. The van der Waals surface area contributed by atoms with E-state index in [4.69, 9.17) is 15.4 Å². The second-order valence-corrected chi connectivity index (χ2v) is 6.03. The van der Waals surface area contributed by atoms with Crippen molar-refractivity contribution in [2.24, 2.45) is 0 Å². The highest BCUT2D eigenvalue weighted by Crippen LogP contribution is 2.24. The first-order valence-corrected chi connectivity index (χ1v) is 7.40. The molecule has 0 fully saturated rings. The first-order chi connectivity index (χ1) is 7.88. The Kier molecular flexibility index (Phi) is 4.54. The number of benzene rings is 1. The zero-order chi connectivity index (χ0) is 13.1. The van der Waals surface area contributed by atoms with Gasteiger partial charge in [0.2, 0.25) is 0 Å². The number of carbonyl (C=O) groups is 1. The Morgan fingerprint density at radius 3 is 2.59 bits per heavy atom. The second kappa shape index (κ2) is 5.51. The molecule has 0 amide bonds. The van der Waals surface area contributed by atoms with Gasteiger partial charge in [0, 0.05) is 10.7 Å². The lowest BCUT2D eigenvalue weighted by Gasteiger charge is -2.09. The minimum Gasteiger partial charge on any atom is -0.462 e. The lowest BCUT2D eigenvalue weighted by atomic mass is 10.1. The zero-order valence-corrected chi connectivity index (χ0v) is 11.1. The van der Waals surface area contributed by atoms with Gasteiger partial charge in [-0.25, -0.2) is 13.2 Å². The minimum absolute atomic E-state index is 0.0200. The van der Waals surface area contributed by atoms with Gasteiger partial charge in [-0.1, -0.05) is 19.1 Å². The average Bonchev–Trinajstić information content (AvgIpc) is 2.23. The summed E-state index contributed by atoms with van der Waals surface area (Å²) in [6, 6.07) is 4.55. The summed E-state index contributed by atoms with van der Waals surface area (Å²) in [5, 5.41) is 0. The maximum absolute atomic E-state index is 11.7. The molecule has 94 valence electrons. The highest BCUT2D eigenvalue weighted by atomic mass is 35.7. The molecule has 0 saturated heterocycles. The SMILES string of the molecule is CCCOC(=O)c1cccc(C)c1S(=O)(=O)Cl. The van der Waals surface area contributed by atoms with Crippen molar-refractivity contribution in [1.29, 1.82) is 0 Å². The number of ether oxygens (including phenoxy) is 1. The Morgan fingerprint density at radius 2 is 2.06 bits per heavy atom. The summed E-state index contributed by atoms with van der Waals surface area (Å²) in [7, 11) is 1.35. The molecule has 0 bridgehead atoms. The largest absolute Gasteiger partial charge is 0.462 e. The van der Waals surface area contributed by atoms with E-state index < -0.39 is 15.0 Å². The van der Waals surface area contributed by atoms with Crippen molar-refractivity contribution in [1.82, 2.24) is 0 Å². The van der Waals surface area contributed by atoms with E-state index in [2.05, 4.69) is 0 Å². The minimum atomic E-state index is -3.96. The molecule has 0 N–H and O–H groups in total. The van der Waals surface area contributed by atoms with Crippen LogP contribution in [0.2, 0.25) is 0 Å². The number of rotatable bonds is 4. The van der Waals surface area contributed by atoms with E-state index in [0.717, 1.165) is 0 Å². The van der Waals surface area contributed by atoms with E-state index in [0.29, 0.717) is 12.0 Å². The molecule has 0 atom stereocenters. The maximum Gasteiger partial charge on any atom is 0.339 e. The van der Waals surface area contributed by atoms with Crippen LogP contribution in [0.4, 0.5) is 0 Å². The lowest BCUT2D eigenvalue weighted by molar-refractivity contribution is 0.0500. The van der Waals surface area contributed by atoms with E-state index in [1.807, 2.05) is 6.92 Å². The van der Waals surface area contributed by atoms with Crippen LogP contribution in [0.25, 0.3) is 0 Å². The second-order valence-electron chi connectivity index (χ2n) is 3.53. The molecule has 0 heterocycles. The molecular weight excluding hydrogens is 264 g/mol. The van der Waals surface area contributed by atoms with Gasteiger partial charge in [-0.05, 0) is 25.0 Å². The molecule has 0 spiro atoms. The van der Waals surface area contributed by atoms with Crippen LogP contribution < -0.4 is 0 Å². The number of hydrogen-bond acceptors (Lipinski definition) is 4. The van der Waals surface area contributed by atoms with Crippen LogP contribution in [0, 0.1) is 6.92 Å². The molecule has 0 aliphatic heterocycles. The molecule has 6 heteroatoms. The highest BCUT2D eigenvalue weighted by Gasteiger charge is 2.23. The van der Waals surface area contributed by atoms with Crippen LogP contribution in [0.3, 0.4) is 0 Å². The molecule has 1 aromatic rings. The molecule has 0 radical (unpaired) electrons. The summed E-state index contributed by atoms with van der Waals surface area (Å²) >= 11 is 0. The maximum atomic E-state index is 11.7. The fourth-order valence-corrected chi connectivity index (χ4v) is 2.89. The summed E-state index contributed by atoms with van der Waals surface area (Å²) in [4.78, 5) is 11.5. The molecule has 0 aliphatic carbocycles. The fourth-order valence-electron chi connectivity index (χ4n) is 1.41. The Hall–Kier alpha value is -1.07. The van der Waals surface area contributed by atoms with E-state index >= 15 is 0 Å². The van der Waals surface area contributed by atoms with Gasteiger partial charge in [-0.2, -0.15) is 0 Å².